The van der Waals surface area contributed by atoms with E-state index in [2.05, 4.69) is 5.32 Å². The second-order valence-corrected chi connectivity index (χ2v) is 7.82. The number of thiocarbonyl (C=S) groups is 1. The summed E-state index contributed by atoms with van der Waals surface area (Å²) in [5, 5.41) is 2.42. The van der Waals surface area contributed by atoms with Gasteiger partial charge < -0.3 is 10.1 Å². The fourth-order valence-electron chi connectivity index (χ4n) is 2.71. The van der Waals surface area contributed by atoms with Gasteiger partial charge in [0.05, 0.1) is 23.1 Å². The molecule has 158 valence electrons. The average molecular weight is 463 g/mol. The summed E-state index contributed by atoms with van der Waals surface area (Å²) in [6.07, 6.45) is -8.51. The van der Waals surface area contributed by atoms with Gasteiger partial charge in [0, 0.05) is 5.56 Å². The number of alkyl halides is 6. The van der Waals surface area contributed by atoms with Crippen molar-refractivity contribution in [2.45, 2.75) is 12.4 Å². The zero-order valence-electron chi connectivity index (χ0n) is 14.9. The van der Waals surface area contributed by atoms with Crippen molar-refractivity contribution in [2.75, 3.05) is 7.11 Å². The van der Waals surface area contributed by atoms with Crippen LogP contribution in [0.5, 0.6) is 5.75 Å². The molecule has 30 heavy (non-hydrogen) atoms. The highest BCUT2D eigenvalue weighted by molar-refractivity contribution is 8.26. The maximum Gasteiger partial charge on any atom is 0.416 e. The topological polar surface area (TPSA) is 38.3 Å². The summed E-state index contributed by atoms with van der Waals surface area (Å²) in [5.41, 5.74) is -2.73. The molecule has 0 spiro atoms. The molecule has 11 heteroatoms. The van der Waals surface area contributed by atoms with Crippen molar-refractivity contribution in [3.8, 4) is 16.9 Å². The molecule has 1 aliphatic rings. The second-order valence-electron chi connectivity index (χ2n) is 6.10. The average Bonchev–Trinajstić information content (AvgIpc) is 2.96. The number of carbonyl (C=O) groups is 1. The van der Waals surface area contributed by atoms with Crippen LogP contribution in [0.1, 0.15) is 16.7 Å². The molecular formula is C19H11F6NO2S2. The van der Waals surface area contributed by atoms with E-state index in [0.717, 1.165) is 11.8 Å². The van der Waals surface area contributed by atoms with Crippen LogP contribution >= 0.6 is 24.0 Å². The number of nitrogens with one attached hydrogen (secondary N) is 1. The third-order valence-electron chi connectivity index (χ3n) is 4.08. The Balaban J connectivity index is 2.16. The monoisotopic (exact) mass is 463 g/mol. The summed E-state index contributed by atoms with van der Waals surface area (Å²) in [7, 11) is 1.34. The van der Waals surface area contributed by atoms with Gasteiger partial charge in [-0.25, -0.2) is 0 Å². The maximum absolute atomic E-state index is 13.1. The smallest absolute Gasteiger partial charge is 0.416 e. The Labute approximate surface area is 176 Å². The maximum atomic E-state index is 13.1. The van der Waals surface area contributed by atoms with Crippen molar-refractivity contribution in [2.24, 2.45) is 0 Å². The SMILES string of the molecule is COc1ccc(-c2cc(C(F)(F)F)cc(C(F)(F)F)c2)cc1C=C1SC(=S)NC1=O. The van der Waals surface area contributed by atoms with E-state index in [1.165, 1.54) is 31.4 Å². The van der Waals surface area contributed by atoms with Crippen molar-refractivity contribution in [3.05, 3.63) is 58.0 Å². The quantitative estimate of drug-likeness (QED) is 0.350. The number of carbonyl (C=O) groups excluding carboxylic acids is 1. The molecule has 2 aromatic carbocycles. The summed E-state index contributed by atoms with van der Waals surface area (Å²) in [6.45, 7) is 0. The molecule has 0 saturated carbocycles. The Hall–Kier alpha value is -2.53. The van der Waals surface area contributed by atoms with E-state index in [0.29, 0.717) is 17.7 Å². The van der Waals surface area contributed by atoms with Crippen LogP contribution in [-0.4, -0.2) is 17.3 Å². The zero-order chi connectivity index (χ0) is 22.3. The molecular weight excluding hydrogens is 452 g/mol. The van der Waals surface area contributed by atoms with Crippen LogP contribution < -0.4 is 10.1 Å². The standard InChI is InChI=1S/C19H11F6NO2S2/c1-28-14-3-2-9(4-11(14)7-15-16(27)26-17(29)30-15)10-5-12(18(20,21)22)8-13(6-10)19(23,24)25/h2-8H,1H3,(H,26,27,29). The largest absolute Gasteiger partial charge is 0.496 e. The Morgan fingerprint density at radius 3 is 2.03 bits per heavy atom. The molecule has 2 aromatic rings. The number of amides is 1. The fourth-order valence-corrected chi connectivity index (χ4v) is 3.75. The first-order valence-corrected chi connectivity index (χ1v) is 9.33. The summed E-state index contributed by atoms with van der Waals surface area (Å²) >= 11 is 5.88. The van der Waals surface area contributed by atoms with Gasteiger partial charge in [0.1, 0.15) is 10.1 Å². The van der Waals surface area contributed by atoms with Gasteiger partial charge in [0.15, 0.2) is 0 Å². The first-order valence-electron chi connectivity index (χ1n) is 8.11. The third kappa shape index (κ3) is 4.78. The van der Waals surface area contributed by atoms with Crippen LogP contribution in [0, 0.1) is 0 Å². The molecule has 1 heterocycles. The van der Waals surface area contributed by atoms with Crippen molar-refractivity contribution in [3.63, 3.8) is 0 Å². The molecule has 0 bridgehead atoms. The molecule has 1 aliphatic heterocycles. The lowest BCUT2D eigenvalue weighted by molar-refractivity contribution is -0.143. The lowest BCUT2D eigenvalue weighted by atomic mass is 9.97. The van der Waals surface area contributed by atoms with Gasteiger partial charge in [-0.2, -0.15) is 26.3 Å². The molecule has 0 unspecified atom stereocenters. The van der Waals surface area contributed by atoms with E-state index in [1.54, 1.807) is 0 Å². The Kier molecular flexibility index (Phi) is 5.87. The summed E-state index contributed by atoms with van der Waals surface area (Å²) in [4.78, 5) is 12.1. The molecule has 0 radical (unpaired) electrons. The van der Waals surface area contributed by atoms with Gasteiger partial charge in [0.2, 0.25) is 0 Å². The lowest BCUT2D eigenvalue weighted by Crippen LogP contribution is -2.17. The van der Waals surface area contributed by atoms with Crippen LogP contribution in [0.15, 0.2) is 41.3 Å². The van der Waals surface area contributed by atoms with Gasteiger partial charge in [0.25, 0.3) is 5.91 Å². The Morgan fingerprint density at radius 2 is 1.57 bits per heavy atom. The number of ether oxygens (including phenoxy) is 1. The number of hydrogen-bond acceptors (Lipinski definition) is 4. The minimum absolute atomic E-state index is 0.0658. The van der Waals surface area contributed by atoms with Gasteiger partial charge in [-0.1, -0.05) is 30.0 Å². The third-order valence-corrected chi connectivity index (χ3v) is 5.24. The van der Waals surface area contributed by atoms with Gasteiger partial charge >= 0.3 is 12.4 Å². The minimum atomic E-state index is -4.96. The molecule has 0 atom stereocenters. The fraction of sp³-hybridized carbons (Fsp3) is 0.158. The first-order chi connectivity index (χ1) is 13.9. The summed E-state index contributed by atoms with van der Waals surface area (Å²) in [6, 6.07) is 5.42. The highest BCUT2D eigenvalue weighted by atomic mass is 32.2. The number of halogens is 6. The first kappa shape index (κ1) is 22.2. The van der Waals surface area contributed by atoms with Crippen molar-refractivity contribution < 1.29 is 35.9 Å². The van der Waals surface area contributed by atoms with E-state index in [9.17, 15) is 31.1 Å². The predicted molar refractivity (Wildman–Crippen MR) is 105 cm³/mol. The van der Waals surface area contributed by atoms with E-state index in [-0.39, 0.29) is 32.2 Å². The van der Waals surface area contributed by atoms with E-state index in [4.69, 9.17) is 17.0 Å². The van der Waals surface area contributed by atoms with Crippen LogP contribution in [0.2, 0.25) is 0 Å². The van der Waals surface area contributed by atoms with Gasteiger partial charge in [-0.15, -0.1) is 0 Å². The molecule has 0 aromatic heterocycles. The van der Waals surface area contributed by atoms with Crippen LogP contribution in [0.4, 0.5) is 26.3 Å². The lowest BCUT2D eigenvalue weighted by Gasteiger charge is -2.15. The highest BCUT2D eigenvalue weighted by Crippen LogP contribution is 2.39. The number of methoxy groups -OCH3 is 1. The van der Waals surface area contributed by atoms with Gasteiger partial charge in [-0.05, 0) is 47.5 Å². The Bertz CT molecular complexity index is 1030. The van der Waals surface area contributed by atoms with E-state index >= 15 is 0 Å². The molecule has 1 amide bonds. The van der Waals surface area contributed by atoms with E-state index < -0.39 is 29.4 Å². The van der Waals surface area contributed by atoms with Gasteiger partial charge in [-0.3, -0.25) is 4.79 Å². The van der Waals surface area contributed by atoms with Crippen LogP contribution in [0.25, 0.3) is 17.2 Å². The molecule has 3 rings (SSSR count). The summed E-state index contributed by atoms with van der Waals surface area (Å²) < 4.78 is 84.3. The molecule has 1 N–H and O–H groups in total. The number of benzene rings is 2. The summed E-state index contributed by atoms with van der Waals surface area (Å²) in [5.74, 6) is -0.184. The normalized spacial score (nSPS) is 16.2. The number of rotatable bonds is 3. The zero-order valence-corrected chi connectivity index (χ0v) is 16.6. The number of hydrogen-bond donors (Lipinski definition) is 1. The minimum Gasteiger partial charge on any atom is -0.496 e. The molecule has 1 saturated heterocycles. The van der Waals surface area contributed by atoms with Crippen LogP contribution in [-0.2, 0) is 17.1 Å². The van der Waals surface area contributed by atoms with Crippen LogP contribution in [0.3, 0.4) is 0 Å². The Morgan fingerprint density at radius 1 is 0.967 bits per heavy atom. The second kappa shape index (κ2) is 7.95. The van der Waals surface area contributed by atoms with Crippen molar-refractivity contribution in [1.29, 1.82) is 0 Å². The highest BCUT2D eigenvalue weighted by Gasteiger charge is 2.37. The van der Waals surface area contributed by atoms with E-state index in [1.807, 2.05) is 0 Å². The predicted octanol–water partition coefficient (Wildman–Crippen LogP) is 5.89. The van der Waals surface area contributed by atoms with Crippen molar-refractivity contribution >= 4 is 40.3 Å². The molecule has 3 nitrogen and oxygen atoms in total. The molecule has 1 fully saturated rings. The molecule has 0 aliphatic carbocycles. The number of thioether (sulfide) groups is 1. The van der Waals surface area contributed by atoms with Crippen molar-refractivity contribution in [1.82, 2.24) is 5.32 Å².